The lowest BCUT2D eigenvalue weighted by Crippen LogP contribution is -2.40. The predicted molar refractivity (Wildman–Crippen MR) is 127 cm³/mol. The van der Waals surface area contributed by atoms with E-state index in [0.29, 0.717) is 18.7 Å². The van der Waals surface area contributed by atoms with Crippen molar-refractivity contribution in [1.29, 1.82) is 0 Å². The number of sulfonamides is 1. The zero-order chi connectivity index (χ0) is 22.5. The van der Waals surface area contributed by atoms with Crippen molar-refractivity contribution in [3.8, 4) is 5.75 Å². The van der Waals surface area contributed by atoms with Crippen molar-refractivity contribution in [3.63, 3.8) is 0 Å². The lowest BCUT2D eigenvalue weighted by atomic mass is 9.94. The first-order chi connectivity index (χ1) is 15.4. The van der Waals surface area contributed by atoms with Gasteiger partial charge in [0.15, 0.2) is 0 Å². The molecule has 4 aromatic rings. The number of methoxy groups -OCH3 is 1. The van der Waals surface area contributed by atoms with Crippen LogP contribution in [0.25, 0.3) is 10.9 Å². The summed E-state index contributed by atoms with van der Waals surface area (Å²) in [5.74, 6) is 0.442. The minimum atomic E-state index is -3.82. The SMILES string of the molecule is COc1ccc(S(=O)(=O)N2CCc3c([nH]c4ccccc34)C2c2ccc(C)cc2)cc1Cl. The van der Waals surface area contributed by atoms with E-state index in [1.165, 1.54) is 18.7 Å². The first-order valence-electron chi connectivity index (χ1n) is 10.4. The number of aryl methyl sites for hydroxylation is 1. The number of ether oxygens (including phenoxy) is 1. The zero-order valence-electron chi connectivity index (χ0n) is 17.8. The number of fused-ring (bicyclic) bond motifs is 3. The second-order valence-corrected chi connectivity index (χ2v) is 10.3. The number of hydrogen-bond acceptors (Lipinski definition) is 3. The Labute approximate surface area is 192 Å². The van der Waals surface area contributed by atoms with E-state index >= 15 is 0 Å². The highest BCUT2D eigenvalue weighted by atomic mass is 35.5. The molecule has 5 nitrogen and oxygen atoms in total. The van der Waals surface area contributed by atoms with Gasteiger partial charge < -0.3 is 9.72 Å². The second-order valence-electron chi connectivity index (χ2n) is 8.04. The smallest absolute Gasteiger partial charge is 0.244 e. The van der Waals surface area contributed by atoms with Gasteiger partial charge in [-0.3, -0.25) is 0 Å². The van der Waals surface area contributed by atoms with Crippen LogP contribution in [0.1, 0.15) is 28.4 Å². The van der Waals surface area contributed by atoms with Crippen LogP contribution in [0.4, 0.5) is 0 Å². The Morgan fingerprint density at radius 3 is 2.53 bits per heavy atom. The zero-order valence-corrected chi connectivity index (χ0v) is 19.4. The normalized spacial score (nSPS) is 16.8. The van der Waals surface area contributed by atoms with E-state index in [4.69, 9.17) is 16.3 Å². The summed E-state index contributed by atoms with van der Waals surface area (Å²) in [5.41, 5.74) is 5.15. The fraction of sp³-hybridized carbons (Fsp3) is 0.200. The number of rotatable bonds is 4. The van der Waals surface area contributed by atoms with Crippen molar-refractivity contribution in [2.75, 3.05) is 13.7 Å². The van der Waals surface area contributed by atoms with Crippen molar-refractivity contribution < 1.29 is 13.2 Å². The number of nitrogens with zero attached hydrogens (tertiary/aromatic N) is 1. The summed E-state index contributed by atoms with van der Waals surface area (Å²) in [6.07, 6.45) is 0.630. The van der Waals surface area contributed by atoms with Crippen LogP contribution in [-0.4, -0.2) is 31.4 Å². The van der Waals surface area contributed by atoms with E-state index in [1.54, 1.807) is 16.4 Å². The largest absolute Gasteiger partial charge is 0.495 e. The number of nitrogens with one attached hydrogen (secondary N) is 1. The van der Waals surface area contributed by atoms with Gasteiger partial charge in [-0.05, 0) is 48.7 Å². The highest BCUT2D eigenvalue weighted by molar-refractivity contribution is 7.89. The van der Waals surface area contributed by atoms with Crippen molar-refractivity contribution in [1.82, 2.24) is 9.29 Å². The lowest BCUT2D eigenvalue weighted by Gasteiger charge is -2.35. The summed E-state index contributed by atoms with van der Waals surface area (Å²) in [5, 5.41) is 1.41. The van der Waals surface area contributed by atoms with Gasteiger partial charge in [0, 0.05) is 23.1 Å². The molecule has 0 saturated carbocycles. The number of benzene rings is 3. The molecule has 0 fully saturated rings. The molecule has 7 heteroatoms. The Morgan fingerprint density at radius 2 is 1.81 bits per heavy atom. The van der Waals surface area contributed by atoms with Crippen LogP contribution >= 0.6 is 11.6 Å². The van der Waals surface area contributed by atoms with Crippen molar-refractivity contribution >= 4 is 32.5 Å². The first-order valence-corrected chi connectivity index (χ1v) is 12.2. The van der Waals surface area contributed by atoms with Crippen molar-refractivity contribution in [2.24, 2.45) is 0 Å². The lowest BCUT2D eigenvalue weighted by molar-refractivity contribution is 0.340. The van der Waals surface area contributed by atoms with Crippen LogP contribution < -0.4 is 4.74 Å². The number of halogens is 1. The molecule has 164 valence electrons. The van der Waals surface area contributed by atoms with Gasteiger partial charge in [-0.1, -0.05) is 59.6 Å². The minimum absolute atomic E-state index is 0.153. The summed E-state index contributed by atoms with van der Waals surface area (Å²) in [4.78, 5) is 3.66. The van der Waals surface area contributed by atoms with Gasteiger partial charge >= 0.3 is 0 Å². The summed E-state index contributed by atoms with van der Waals surface area (Å²) in [6.45, 7) is 2.40. The third kappa shape index (κ3) is 3.39. The van der Waals surface area contributed by atoms with E-state index in [2.05, 4.69) is 11.1 Å². The third-order valence-corrected chi connectivity index (χ3v) is 8.27. The standard InChI is InChI=1S/C25H23ClN2O3S/c1-16-7-9-17(10-8-16)25-24-20(19-5-3-4-6-22(19)27-24)13-14-28(25)32(29,30)18-11-12-23(31-2)21(26)15-18/h3-12,15,25,27H,13-14H2,1-2H3. The topological polar surface area (TPSA) is 62.4 Å². The van der Waals surface area contributed by atoms with Gasteiger partial charge in [-0.25, -0.2) is 8.42 Å². The molecule has 0 radical (unpaired) electrons. The van der Waals surface area contributed by atoms with E-state index in [0.717, 1.165) is 27.7 Å². The molecule has 0 amide bonds. The van der Waals surface area contributed by atoms with Crippen LogP contribution in [0.3, 0.4) is 0 Å². The van der Waals surface area contributed by atoms with Gasteiger partial charge in [0.05, 0.1) is 23.1 Å². The van der Waals surface area contributed by atoms with E-state index < -0.39 is 16.1 Å². The van der Waals surface area contributed by atoms with Crippen LogP contribution in [0.5, 0.6) is 5.75 Å². The molecule has 1 atom stereocenters. The Balaban J connectivity index is 1.68. The maximum atomic E-state index is 13.8. The Kier molecular flexibility index (Phi) is 5.24. The Hall–Kier alpha value is -2.80. The number of aromatic nitrogens is 1. The molecule has 1 aliphatic heterocycles. The molecule has 0 spiro atoms. The second kappa shape index (κ2) is 7.96. The predicted octanol–water partition coefficient (Wildman–Crippen LogP) is 5.47. The molecule has 3 aromatic carbocycles. The number of hydrogen-bond donors (Lipinski definition) is 1. The maximum absolute atomic E-state index is 13.8. The molecule has 1 unspecified atom stereocenters. The molecule has 2 heterocycles. The molecular formula is C25H23ClN2O3S. The minimum Gasteiger partial charge on any atom is -0.495 e. The first kappa shape index (κ1) is 21.1. The van der Waals surface area contributed by atoms with Crippen LogP contribution in [0.15, 0.2) is 71.6 Å². The monoisotopic (exact) mass is 466 g/mol. The van der Waals surface area contributed by atoms with E-state index in [1.807, 2.05) is 49.4 Å². The summed E-state index contributed by atoms with van der Waals surface area (Å²) < 4.78 is 34.4. The molecule has 0 saturated heterocycles. The van der Waals surface area contributed by atoms with Gasteiger partial charge in [-0.15, -0.1) is 0 Å². The molecule has 0 aliphatic carbocycles. The molecule has 1 aliphatic rings. The molecule has 1 N–H and O–H groups in total. The maximum Gasteiger partial charge on any atom is 0.244 e. The van der Waals surface area contributed by atoms with E-state index in [9.17, 15) is 8.42 Å². The van der Waals surface area contributed by atoms with Crippen LogP contribution in [-0.2, 0) is 16.4 Å². The summed E-state index contributed by atoms with van der Waals surface area (Å²) in [6, 6.07) is 20.3. The quantitative estimate of drug-likeness (QED) is 0.433. The summed E-state index contributed by atoms with van der Waals surface area (Å²) >= 11 is 6.27. The number of H-pyrrole nitrogens is 1. The van der Waals surface area contributed by atoms with E-state index in [-0.39, 0.29) is 9.92 Å². The molecule has 5 rings (SSSR count). The highest BCUT2D eigenvalue weighted by Gasteiger charge is 2.39. The average Bonchev–Trinajstić information content (AvgIpc) is 3.18. The fourth-order valence-corrected chi connectivity index (χ4v) is 6.44. The van der Waals surface area contributed by atoms with Crippen LogP contribution in [0.2, 0.25) is 5.02 Å². The van der Waals surface area contributed by atoms with Crippen LogP contribution in [0, 0.1) is 6.92 Å². The molecular weight excluding hydrogens is 444 g/mol. The molecule has 1 aromatic heterocycles. The van der Waals surface area contributed by atoms with Crippen molar-refractivity contribution in [3.05, 3.63) is 94.1 Å². The van der Waals surface area contributed by atoms with Gasteiger partial charge in [0.1, 0.15) is 5.75 Å². The Morgan fingerprint density at radius 1 is 1.06 bits per heavy atom. The Bertz CT molecular complexity index is 1410. The number of aromatic amines is 1. The van der Waals surface area contributed by atoms with Gasteiger partial charge in [-0.2, -0.15) is 4.31 Å². The molecule has 0 bridgehead atoms. The van der Waals surface area contributed by atoms with Gasteiger partial charge in [0.25, 0.3) is 0 Å². The number of para-hydroxylation sites is 1. The van der Waals surface area contributed by atoms with Gasteiger partial charge in [0.2, 0.25) is 10.0 Å². The third-order valence-electron chi connectivity index (χ3n) is 6.11. The fourth-order valence-electron chi connectivity index (χ4n) is 4.50. The average molecular weight is 467 g/mol. The summed E-state index contributed by atoms with van der Waals surface area (Å²) in [7, 11) is -2.32. The molecule has 32 heavy (non-hydrogen) atoms. The highest BCUT2D eigenvalue weighted by Crippen LogP contribution is 2.41. The van der Waals surface area contributed by atoms with Crippen molar-refractivity contribution in [2.45, 2.75) is 24.3 Å².